The number of amides is 3. The third-order valence-electron chi connectivity index (χ3n) is 4.20. The van der Waals surface area contributed by atoms with Crippen LogP contribution in [-0.2, 0) is 6.54 Å². The van der Waals surface area contributed by atoms with E-state index in [2.05, 4.69) is 20.6 Å². The molecule has 1 fully saturated rings. The van der Waals surface area contributed by atoms with Crippen LogP contribution in [0.25, 0.3) is 0 Å². The molecule has 2 N–H and O–H groups in total. The van der Waals surface area contributed by atoms with Crippen LogP contribution in [-0.4, -0.2) is 45.9 Å². The molecule has 7 heteroatoms. The van der Waals surface area contributed by atoms with Crippen LogP contribution in [0.2, 0.25) is 0 Å². The molecule has 1 aromatic heterocycles. The van der Waals surface area contributed by atoms with Gasteiger partial charge in [0, 0.05) is 38.1 Å². The number of rotatable bonds is 4. The fourth-order valence-electron chi connectivity index (χ4n) is 2.79. The first-order valence-corrected chi connectivity index (χ1v) is 8.36. The third-order valence-corrected chi connectivity index (χ3v) is 4.20. The molecule has 0 atom stereocenters. The van der Waals surface area contributed by atoms with Crippen LogP contribution in [0.1, 0.15) is 28.9 Å². The summed E-state index contributed by atoms with van der Waals surface area (Å²) < 4.78 is 0. The zero-order valence-corrected chi connectivity index (χ0v) is 13.9. The van der Waals surface area contributed by atoms with Gasteiger partial charge in [0.1, 0.15) is 5.69 Å². The molecule has 0 spiro atoms. The number of urea groups is 1. The summed E-state index contributed by atoms with van der Waals surface area (Å²) in [6, 6.07) is 9.80. The number of nitrogens with zero attached hydrogens (tertiary/aromatic N) is 3. The first-order valence-electron chi connectivity index (χ1n) is 8.36. The lowest BCUT2D eigenvalue weighted by Gasteiger charge is -2.32. The summed E-state index contributed by atoms with van der Waals surface area (Å²) in [6.07, 6.45) is 5.93. The second-order valence-electron chi connectivity index (χ2n) is 5.97. The Balaban J connectivity index is 1.42. The molecule has 25 heavy (non-hydrogen) atoms. The van der Waals surface area contributed by atoms with Crippen LogP contribution in [0, 0.1) is 0 Å². The zero-order valence-electron chi connectivity index (χ0n) is 13.9. The largest absolute Gasteiger partial charge is 0.348 e. The lowest BCUT2D eigenvalue weighted by molar-refractivity contribution is 0.0912. The fraction of sp³-hybridized carbons (Fsp3) is 0.333. The number of nitrogens with one attached hydrogen (secondary N) is 2. The molecule has 130 valence electrons. The van der Waals surface area contributed by atoms with E-state index in [9.17, 15) is 9.59 Å². The van der Waals surface area contributed by atoms with Gasteiger partial charge in [0.05, 0.1) is 6.20 Å². The Morgan fingerprint density at radius 3 is 2.56 bits per heavy atom. The van der Waals surface area contributed by atoms with Gasteiger partial charge in [-0.2, -0.15) is 0 Å². The molecule has 1 aliphatic rings. The Morgan fingerprint density at radius 2 is 1.88 bits per heavy atom. The second-order valence-corrected chi connectivity index (χ2v) is 5.97. The molecule has 1 aromatic carbocycles. The van der Waals surface area contributed by atoms with E-state index in [1.165, 1.54) is 18.6 Å². The van der Waals surface area contributed by atoms with Gasteiger partial charge < -0.3 is 15.5 Å². The number of aromatic nitrogens is 2. The normalized spacial score (nSPS) is 14.8. The van der Waals surface area contributed by atoms with E-state index in [4.69, 9.17) is 0 Å². The smallest absolute Gasteiger partial charge is 0.317 e. The first-order chi connectivity index (χ1) is 12.2. The van der Waals surface area contributed by atoms with Crippen molar-refractivity contribution in [3.63, 3.8) is 0 Å². The number of hydrogen-bond donors (Lipinski definition) is 2. The Bertz CT molecular complexity index is 700. The van der Waals surface area contributed by atoms with E-state index < -0.39 is 0 Å². The van der Waals surface area contributed by atoms with Crippen molar-refractivity contribution in [2.24, 2.45) is 0 Å². The Morgan fingerprint density at radius 1 is 1.12 bits per heavy atom. The Hall–Kier alpha value is -2.96. The molecule has 2 aromatic rings. The predicted molar refractivity (Wildman–Crippen MR) is 92.8 cm³/mol. The van der Waals surface area contributed by atoms with Gasteiger partial charge >= 0.3 is 6.03 Å². The van der Waals surface area contributed by atoms with Crippen LogP contribution in [0.4, 0.5) is 4.79 Å². The maximum atomic E-state index is 12.2. The molecule has 0 radical (unpaired) electrons. The number of piperidine rings is 1. The van der Waals surface area contributed by atoms with Crippen molar-refractivity contribution < 1.29 is 9.59 Å². The highest BCUT2D eigenvalue weighted by Crippen LogP contribution is 2.11. The molecule has 3 rings (SSSR count). The number of hydrogen-bond acceptors (Lipinski definition) is 4. The maximum absolute atomic E-state index is 12.2. The predicted octanol–water partition coefficient (Wildman–Crippen LogP) is 1.58. The van der Waals surface area contributed by atoms with Gasteiger partial charge in [-0.25, -0.2) is 9.78 Å². The third kappa shape index (κ3) is 4.76. The number of carbonyl (C=O) groups is 2. The van der Waals surface area contributed by atoms with Gasteiger partial charge in [-0.3, -0.25) is 9.78 Å². The molecule has 0 bridgehead atoms. The minimum atomic E-state index is -0.222. The molecule has 3 amide bonds. The van der Waals surface area contributed by atoms with Gasteiger partial charge in [0.2, 0.25) is 0 Å². The van der Waals surface area contributed by atoms with Crippen molar-refractivity contribution in [2.75, 3.05) is 13.1 Å². The molecular weight excluding hydrogens is 318 g/mol. The summed E-state index contributed by atoms with van der Waals surface area (Å²) in [4.78, 5) is 34.0. The quantitative estimate of drug-likeness (QED) is 0.885. The van der Waals surface area contributed by atoms with Crippen molar-refractivity contribution in [3.05, 3.63) is 60.2 Å². The van der Waals surface area contributed by atoms with Gasteiger partial charge in [-0.05, 0) is 18.4 Å². The summed E-state index contributed by atoms with van der Waals surface area (Å²) in [5.41, 5.74) is 1.38. The molecule has 1 aliphatic heterocycles. The minimum absolute atomic E-state index is 0.0488. The summed E-state index contributed by atoms with van der Waals surface area (Å²) in [7, 11) is 0. The SMILES string of the molecule is O=C(NC1CCN(C(=O)NCc2ccccc2)CC1)c1cnccn1. The molecule has 0 unspecified atom stereocenters. The minimum Gasteiger partial charge on any atom is -0.348 e. The molecule has 0 aliphatic carbocycles. The van der Waals surface area contributed by atoms with Crippen molar-refractivity contribution >= 4 is 11.9 Å². The summed E-state index contributed by atoms with van der Waals surface area (Å²) in [5, 5.41) is 5.88. The van der Waals surface area contributed by atoms with Crippen molar-refractivity contribution in [1.29, 1.82) is 0 Å². The maximum Gasteiger partial charge on any atom is 0.317 e. The fourth-order valence-corrected chi connectivity index (χ4v) is 2.79. The van der Waals surface area contributed by atoms with E-state index in [1.54, 1.807) is 4.90 Å². The average molecular weight is 339 g/mol. The van der Waals surface area contributed by atoms with E-state index in [1.807, 2.05) is 30.3 Å². The van der Waals surface area contributed by atoms with Crippen molar-refractivity contribution in [3.8, 4) is 0 Å². The average Bonchev–Trinajstić information content (AvgIpc) is 2.68. The van der Waals surface area contributed by atoms with Gasteiger partial charge in [0.25, 0.3) is 5.91 Å². The van der Waals surface area contributed by atoms with Gasteiger partial charge in [-0.1, -0.05) is 30.3 Å². The highest BCUT2D eigenvalue weighted by atomic mass is 16.2. The molecule has 0 saturated carbocycles. The van der Waals surface area contributed by atoms with Crippen molar-refractivity contribution in [1.82, 2.24) is 25.5 Å². The number of carbonyl (C=O) groups excluding carboxylic acids is 2. The lowest BCUT2D eigenvalue weighted by atomic mass is 10.1. The topological polar surface area (TPSA) is 87.2 Å². The van der Waals surface area contributed by atoms with Gasteiger partial charge in [0.15, 0.2) is 0 Å². The molecule has 1 saturated heterocycles. The monoisotopic (exact) mass is 339 g/mol. The molecular formula is C18H21N5O2. The second kappa shape index (κ2) is 8.23. The van der Waals surface area contributed by atoms with Crippen LogP contribution in [0.3, 0.4) is 0 Å². The van der Waals surface area contributed by atoms with Gasteiger partial charge in [-0.15, -0.1) is 0 Å². The molecule has 2 heterocycles. The van der Waals surface area contributed by atoms with E-state index >= 15 is 0 Å². The lowest BCUT2D eigenvalue weighted by Crippen LogP contribution is -2.49. The van der Waals surface area contributed by atoms with Crippen LogP contribution in [0.5, 0.6) is 0 Å². The summed E-state index contributed by atoms with van der Waals surface area (Å²) in [6.45, 7) is 1.75. The zero-order chi connectivity index (χ0) is 17.5. The van der Waals surface area contributed by atoms with Crippen LogP contribution < -0.4 is 10.6 Å². The van der Waals surface area contributed by atoms with Crippen molar-refractivity contribution in [2.45, 2.75) is 25.4 Å². The summed E-state index contributed by atoms with van der Waals surface area (Å²) in [5.74, 6) is -0.222. The Labute approximate surface area is 146 Å². The van der Waals surface area contributed by atoms with E-state index in [0.29, 0.717) is 25.3 Å². The van der Waals surface area contributed by atoms with E-state index in [0.717, 1.165) is 18.4 Å². The molecule has 7 nitrogen and oxygen atoms in total. The van der Waals surface area contributed by atoms with Crippen LogP contribution in [0.15, 0.2) is 48.9 Å². The highest BCUT2D eigenvalue weighted by molar-refractivity contribution is 5.92. The highest BCUT2D eigenvalue weighted by Gasteiger charge is 2.24. The number of likely N-dealkylation sites (tertiary alicyclic amines) is 1. The standard InChI is InChI=1S/C18H21N5O2/c24-17(16-13-19-8-9-20-16)22-15-6-10-23(11-7-15)18(25)21-12-14-4-2-1-3-5-14/h1-5,8-9,13,15H,6-7,10-12H2,(H,21,25)(H,22,24). The first kappa shape index (κ1) is 16.9. The number of benzene rings is 1. The van der Waals surface area contributed by atoms with E-state index in [-0.39, 0.29) is 18.0 Å². The Kier molecular flexibility index (Phi) is 5.56. The van der Waals surface area contributed by atoms with Crippen LogP contribution >= 0.6 is 0 Å². The summed E-state index contributed by atoms with van der Waals surface area (Å²) >= 11 is 0.